The van der Waals surface area contributed by atoms with Gasteiger partial charge >= 0.3 is 0 Å². The van der Waals surface area contributed by atoms with E-state index in [0.717, 1.165) is 64.3 Å². The normalized spacial score (nSPS) is 28.4. The summed E-state index contributed by atoms with van der Waals surface area (Å²) in [7, 11) is 1.68. The Balaban J connectivity index is 1.73. The van der Waals surface area contributed by atoms with E-state index in [4.69, 9.17) is 9.72 Å². The third-order valence-corrected chi connectivity index (χ3v) is 7.25. The number of aromatic nitrogens is 1. The molecule has 0 aliphatic carbocycles. The molecule has 5 heteroatoms. The zero-order chi connectivity index (χ0) is 19.0. The molecule has 27 heavy (non-hydrogen) atoms. The Kier molecular flexibility index (Phi) is 5.62. The Morgan fingerprint density at radius 1 is 1.33 bits per heavy atom. The van der Waals surface area contributed by atoms with Crippen molar-refractivity contribution in [3.05, 3.63) is 29.8 Å². The molecular formula is C22H30N2O2S. The van der Waals surface area contributed by atoms with Gasteiger partial charge in [-0.1, -0.05) is 20.3 Å². The fourth-order valence-electron chi connectivity index (χ4n) is 4.98. The van der Waals surface area contributed by atoms with Crippen LogP contribution in [0.2, 0.25) is 0 Å². The SMILES string of the molecule is CCSc1cc([C@@H](O)[C@@H]2C[C@@H]3CCN2C[C@@H]3CC)c2cc(OC)ccc2n1. The Morgan fingerprint density at radius 2 is 2.19 bits per heavy atom. The first-order chi connectivity index (χ1) is 13.1. The molecule has 3 aliphatic heterocycles. The highest BCUT2D eigenvalue weighted by Crippen LogP contribution is 2.43. The molecule has 0 spiro atoms. The molecule has 0 amide bonds. The van der Waals surface area contributed by atoms with Gasteiger partial charge in [0.05, 0.1) is 23.8 Å². The van der Waals surface area contributed by atoms with E-state index in [0.29, 0.717) is 0 Å². The van der Waals surface area contributed by atoms with Gasteiger partial charge in [0.2, 0.25) is 0 Å². The molecule has 0 radical (unpaired) electrons. The summed E-state index contributed by atoms with van der Waals surface area (Å²) in [6, 6.07) is 8.28. The predicted octanol–water partition coefficient (Wildman–Crippen LogP) is 4.51. The van der Waals surface area contributed by atoms with Crippen LogP contribution in [0.1, 0.15) is 44.8 Å². The molecule has 1 aromatic heterocycles. The molecule has 3 fully saturated rings. The molecule has 4 nitrogen and oxygen atoms in total. The van der Waals surface area contributed by atoms with E-state index in [2.05, 4.69) is 24.8 Å². The second-order valence-electron chi connectivity index (χ2n) is 7.83. The lowest BCUT2D eigenvalue weighted by molar-refractivity contribution is -0.0562. The predicted molar refractivity (Wildman–Crippen MR) is 112 cm³/mol. The summed E-state index contributed by atoms with van der Waals surface area (Å²) in [6.07, 6.45) is 3.14. The number of rotatable bonds is 6. The monoisotopic (exact) mass is 386 g/mol. The van der Waals surface area contributed by atoms with E-state index >= 15 is 0 Å². The van der Waals surface area contributed by atoms with E-state index in [9.17, 15) is 5.11 Å². The molecule has 1 aromatic carbocycles. The van der Waals surface area contributed by atoms with Gasteiger partial charge in [0.25, 0.3) is 0 Å². The highest BCUT2D eigenvalue weighted by atomic mass is 32.2. The van der Waals surface area contributed by atoms with Crippen molar-refractivity contribution in [2.75, 3.05) is 26.0 Å². The second kappa shape index (κ2) is 7.98. The quantitative estimate of drug-likeness (QED) is 0.740. The lowest BCUT2D eigenvalue weighted by Crippen LogP contribution is -2.55. The summed E-state index contributed by atoms with van der Waals surface area (Å²) in [5.74, 6) is 3.33. The van der Waals surface area contributed by atoms with Gasteiger partial charge in [-0.05, 0) is 66.8 Å². The van der Waals surface area contributed by atoms with E-state index in [-0.39, 0.29) is 6.04 Å². The molecule has 3 aliphatic rings. The van der Waals surface area contributed by atoms with Gasteiger partial charge in [-0.25, -0.2) is 4.98 Å². The minimum atomic E-state index is -0.487. The number of fused-ring (bicyclic) bond motifs is 4. The number of ether oxygens (including phenoxy) is 1. The number of aliphatic hydroxyl groups excluding tert-OH is 1. The van der Waals surface area contributed by atoms with Crippen molar-refractivity contribution in [1.82, 2.24) is 9.88 Å². The van der Waals surface area contributed by atoms with Crippen molar-refractivity contribution in [1.29, 1.82) is 0 Å². The van der Waals surface area contributed by atoms with Crippen molar-refractivity contribution in [2.45, 2.75) is 50.3 Å². The van der Waals surface area contributed by atoms with Crippen LogP contribution in [-0.2, 0) is 0 Å². The number of methoxy groups -OCH3 is 1. The summed E-state index contributed by atoms with van der Waals surface area (Å²) in [4.78, 5) is 7.31. The molecule has 5 rings (SSSR count). The number of hydrogen-bond acceptors (Lipinski definition) is 5. The molecule has 4 heterocycles. The van der Waals surface area contributed by atoms with Crippen LogP contribution in [0, 0.1) is 11.8 Å². The first-order valence-corrected chi connectivity index (χ1v) is 11.2. The van der Waals surface area contributed by atoms with Crippen LogP contribution in [0.5, 0.6) is 5.75 Å². The van der Waals surface area contributed by atoms with E-state index < -0.39 is 6.10 Å². The number of piperidine rings is 3. The van der Waals surface area contributed by atoms with Crippen LogP contribution in [0.4, 0.5) is 0 Å². The van der Waals surface area contributed by atoms with Crippen molar-refractivity contribution in [2.24, 2.45) is 11.8 Å². The molecule has 3 saturated heterocycles. The van der Waals surface area contributed by atoms with E-state index in [1.54, 1.807) is 18.9 Å². The maximum absolute atomic E-state index is 11.5. The summed E-state index contributed by atoms with van der Waals surface area (Å²) in [6.45, 7) is 6.68. The summed E-state index contributed by atoms with van der Waals surface area (Å²) in [5.41, 5.74) is 1.94. The van der Waals surface area contributed by atoms with Crippen LogP contribution in [0.15, 0.2) is 29.3 Å². The minimum absolute atomic E-state index is 0.211. The maximum atomic E-state index is 11.5. The van der Waals surface area contributed by atoms with Gasteiger partial charge in [0.1, 0.15) is 5.75 Å². The van der Waals surface area contributed by atoms with Gasteiger partial charge in [-0.3, -0.25) is 4.90 Å². The Morgan fingerprint density at radius 3 is 2.85 bits per heavy atom. The van der Waals surface area contributed by atoms with Crippen molar-refractivity contribution >= 4 is 22.7 Å². The fraction of sp³-hybridized carbons (Fsp3) is 0.591. The van der Waals surface area contributed by atoms with Crippen LogP contribution in [0.25, 0.3) is 10.9 Å². The zero-order valence-electron chi connectivity index (χ0n) is 16.5. The lowest BCUT2D eigenvalue weighted by atomic mass is 9.72. The second-order valence-corrected chi connectivity index (χ2v) is 9.11. The lowest BCUT2D eigenvalue weighted by Gasteiger charge is -2.51. The van der Waals surface area contributed by atoms with Gasteiger partial charge in [0.15, 0.2) is 0 Å². The molecule has 1 N–H and O–H groups in total. The molecule has 2 bridgehead atoms. The maximum Gasteiger partial charge on any atom is 0.119 e. The molecule has 0 saturated carbocycles. The first kappa shape index (κ1) is 19.0. The van der Waals surface area contributed by atoms with Gasteiger partial charge in [-0.2, -0.15) is 0 Å². The zero-order valence-corrected chi connectivity index (χ0v) is 17.3. The Bertz CT molecular complexity index is 812. The standard InChI is InChI=1S/C22H30N2O2S/c1-4-14-13-24-9-8-15(14)10-20(24)22(25)18-12-21(27-5-2)23-19-7-6-16(26-3)11-17(18)19/h6-7,11-12,14-15,20,22,25H,4-5,8-10,13H2,1-3H3/t14-,15-,20-,22+/m0/s1. The van der Waals surface area contributed by atoms with Crippen LogP contribution in [-0.4, -0.2) is 47.0 Å². The minimum Gasteiger partial charge on any atom is -0.497 e. The largest absolute Gasteiger partial charge is 0.497 e. The first-order valence-electron chi connectivity index (χ1n) is 10.2. The number of hydrogen-bond donors (Lipinski definition) is 1. The average molecular weight is 387 g/mol. The summed E-state index contributed by atoms with van der Waals surface area (Å²) >= 11 is 1.73. The highest BCUT2D eigenvalue weighted by Gasteiger charge is 2.42. The van der Waals surface area contributed by atoms with Crippen LogP contribution in [0.3, 0.4) is 0 Å². The Labute approximate surface area is 166 Å². The smallest absolute Gasteiger partial charge is 0.119 e. The number of pyridine rings is 1. The Hall–Kier alpha value is -1.30. The number of thioether (sulfide) groups is 1. The fourth-order valence-corrected chi connectivity index (χ4v) is 5.65. The highest BCUT2D eigenvalue weighted by molar-refractivity contribution is 7.99. The summed E-state index contributed by atoms with van der Waals surface area (Å²) < 4.78 is 5.43. The van der Waals surface area contributed by atoms with Crippen LogP contribution < -0.4 is 4.74 Å². The van der Waals surface area contributed by atoms with Crippen molar-refractivity contribution in [3.63, 3.8) is 0 Å². The number of nitrogens with zero attached hydrogens (tertiary/aromatic N) is 2. The van der Waals surface area contributed by atoms with E-state index in [1.165, 1.54) is 12.8 Å². The third-order valence-electron chi connectivity index (χ3n) is 6.46. The molecule has 2 aromatic rings. The topological polar surface area (TPSA) is 45.6 Å². The average Bonchev–Trinajstić information content (AvgIpc) is 2.72. The van der Waals surface area contributed by atoms with Gasteiger partial charge in [0, 0.05) is 18.0 Å². The molecule has 5 atom stereocenters. The van der Waals surface area contributed by atoms with E-state index in [1.807, 2.05) is 18.2 Å². The third kappa shape index (κ3) is 3.57. The van der Waals surface area contributed by atoms with Crippen molar-refractivity contribution < 1.29 is 9.84 Å². The molecular weight excluding hydrogens is 356 g/mol. The van der Waals surface area contributed by atoms with Crippen molar-refractivity contribution in [3.8, 4) is 5.75 Å². The van der Waals surface area contributed by atoms with Gasteiger partial charge in [-0.15, -0.1) is 11.8 Å². The molecule has 146 valence electrons. The molecule has 1 unspecified atom stereocenters. The van der Waals surface area contributed by atoms with Crippen LogP contribution >= 0.6 is 11.8 Å². The number of benzene rings is 1. The van der Waals surface area contributed by atoms with Gasteiger partial charge < -0.3 is 9.84 Å². The summed E-state index contributed by atoms with van der Waals surface area (Å²) in [5, 5.41) is 13.5. The number of aliphatic hydroxyl groups is 1.